The van der Waals surface area contributed by atoms with Crippen molar-refractivity contribution < 1.29 is 9.90 Å². The Morgan fingerprint density at radius 2 is 2.05 bits per heavy atom. The molecule has 0 atom stereocenters. The molecule has 0 unspecified atom stereocenters. The second-order valence-corrected chi connectivity index (χ2v) is 5.58. The fraction of sp³-hybridized carbons (Fsp3) is 0.333. The van der Waals surface area contributed by atoms with E-state index < -0.39 is 5.97 Å². The second kappa shape index (κ2) is 7.17. The zero-order valence-corrected chi connectivity index (χ0v) is 12.2. The van der Waals surface area contributed by atoms with Gasteiger partial charge in [-0.2, -0.15) is 0 Å². The summed E-state index contributed by atoms with van der Waals surface area (Å²) in [5, 5.41) is 14.8. The lowest BCUT2D eigenvalue weighted by Gasteiger charge is -2.00. The van der Waals surface area contributed by atoms with Crippen LogP contribution in [0.15, 0.2) is 29.6 Å². The van der Waals surface area contributed by atoms with Crippen LogP contribution in [0.4, 0.5) is 0 Å². The van der Waals surface area contributed by atoms with E-state index in [2.05, 4.69) is 46.9 Å². The van der Waals surface area contributed by atoms with E-state index in [0.717, 1.165) is 29.2 Å². The summed E-state index contributed by atoms with van der Waals surface area (Å²) in [5.74, 6) is -0.770. The number of hydrogen-bond donors (Lipinski definition) is 2. The average Bonchev–Trinajstić information content (AvgIpc) is 2.87. The molecular formula is C15H18N2O2S. The van der Waals surface area contributed by atoms with Gasteiger partial charge in [0.25, 0.3) is 0 Å². The van der Waals surface area contributed by atoms with E-state index >= 15 is 0 Å². The minimum absolute atomic E-state index is 0.159. The summed E-state index contributed by atoms with van der Waals surface area (Å²) in [6.45, 7) is 3.33. The minimum atomic E-state index is -0.770. The molecule has 0 saturated heterocycles. The zero-order chi connectivity index (χ0) is 14.4. The predicted octanol–water partition coefficient (Wildman–Crippen LogP) is 2.73. The van der Waals surface area contributed by atoms with Crippen LogP contribution in [0, 0.1) is 6.92 Å². The van der Waals surface area contributed by atoms with Gasteiger partial charge in [0, 0.05) is 30.5 Å². The van der Waals surface area contributed by atoms with Crippen LogP contribution in [0.25, 0.3) is 11.3 Å². The van der Waals surface area contributed by atoms with Gasteiger partial charge in [-0.3, -0.25) is 4.79 Å². The average molecular weight is 290 g/mol. The van der Waals surface area contributed by atoms with E-state index in [9.17, 15) is 4.79 Å². The van der Waals surface area contributed by atoms with Gasteiger partial charge in [-0.15, -0.1) is 11.3 Å². The molecule has 0 fully saturated rings. The molecule has 1 aromatic heterocycles. The maximum absolute atomic E-state index is 10.4. The Bertz CT molecular complexity index is 564. The number of rotatable bonds is 7. The highest BCUT2D eigenvalue weighted by Gasteiger charge is 2.04. The Hall–Kier alpha value is -1.72. The van der Waals surface area contributed by atoms with E-state index in [1.807, 2.05) is 0 Å². The second-order valence-electron chi connectivity index (χ2n) is 4.64. The van der Waals surface area contributed by atoms with Crippen LogP contribution in [0.5, 0.6) is 0 Å². The summed E-state index contributed by atoms with van der Waals surface area (Å²) < 4.78 is 0. The number of hydrogen-bond acceptors (Lipinski definition) is 4. The highest BCUT2D eigenvalue weighted by molar-refractivity contribution is 7.09. The fourth-order valence-electron chi connectivity index (χ4n) is 1.80. The van der Waals surface area contributed by atoms with Crippen molar-refractivity contribution in [3.05, 3.63) is 40.2 Å². The maximum atomic E-state index is 10.4. The fourth-order valence-corrected chi connectivity index (χ4v) is 2.61. The summed E-state index contributed by atoms with van der Waals surface area (Å²) >= 11 is 1.65. The van der Waals surface area contributed by atoms with Crippen molar-refractivity contribution in [3.8, 4) is 11.3 Å². The van der Waals surface area contributed by atoms with Crippen LogP contribution in [0.1, 0.15) is 17.0 Å². The van der Waals surface area contributed by atoms with Gasteiger partial charge in [-0.1, -0.05) is 29.8 Å². The van der Waals surface area contributed by atoms with E-state index in [4.69, 9.17) is 5.11 Å². The molecule has 0 radical (unpaired) electrons. The standard InChI is InChI=1S/C15H18N2O2S/c1-11-2-4-12(5-3-11)13-10-20-14(17-13)6-8-16-9-7-15(18)19/h2-5,10,16H,6-9H2,1H3,(H,18,19). The lowest BCUT2D eigenvalue weighted by molar-refractivity contribution is -0.136. The Morgan fingerprint density at radius 1 is 1.30 bits per heavy atom. The molecular weight excluding hydrogens is 272 g/mol. The van der Waals surface area contributed by atoms with Crippen molar-refractivity contribution in [2.24, 2.45) is 0 Å². The normalized spacial score (nSPS) is 10.7. The molecule has 0 spiro atoms. The third kappa shape index (κ3) is 4.43. The van der Waals surface area contributed by atoms with Crippen molar-refractivity contribution in [3.63, 3.8) is 0 Å². The van der Waals surface area contributed by atoms with Gasteiger partial charge in [0.05, 0.1) is 17.1 Å². The summed E-state index contributed by atoms with van der Waals surface area (Å²) in [6, 6.07) is 8.34. The summed E-state index contributed by atoms with van der Waals surface area (Å²) in [6.07, 6.45) is 0.989. The SMILES string of the molecule is Cc1ccc(-c2csc(CCNCCC(=O)O)n2)cc1. The Labute approximate surface area is 122 Å². The minimum Gasteiger partial charge on any atom is -0.481 e. The van der Waals surface area contributed by atoms with Crippen LogP contribution in [0.2, 0.25) is 0 Å². The van der Waals surface area contributed by atoms with Gasteiger partial charge >= 0.3 is 5.97 Å². The molecule has 0 aliphatic rings. The largest absolute Gasteiger partial charge is 0.481 e. The maximum Gasteiger partial charge on any atom is 0.304 e. The predicted molar refractivity (Wildman–Crippen MR) is 81.1 cm³/mol. The molecule has 2 aromatic rings. The first-order valence-corrected chi connectivity index (χ1v) is 7.47. The molecule has 1 heterocycles. The van der Waals surface area contributed by atoms with Gasteiger partial charge in [0.1, 0.15) is 0 Å². The number of carboxylic acids is 1. The van der Waals surface area contributed by atoms with Gasteiger partial charge in [-0.05, 0) is 6.92 Å². The highest BCUT2D eigenvalue weighted by Crippen LogP contribution is 2.22. The van der Waals surface area contributed by atoms with Crippen LogP contribution in [-0.4, -0.2) is 29.1 Å². The molecule has 20 heavy (non-hydrogen) atoms. The number of carbonyl (C=O) groups is 1. The molecule has 5 heteroatoms. The topological polar surface area (TPSA) is 62.2 Å². The van der Waals surface area contributed by atoms with Crippen molar-refractivity contribution in [1.29, 1.82) is 0 Å². The highest BCUT2D eigenvalue weighted by atomic mass is 32.1. The zero-order valence-electron chi connectivity index (χ0n) is 11.4. The van der Waals surface area contributed by atoms with Gasteiger partial charge < -0.3 is 10.4 Å². The van der Waals surface area contributed by atoms with Gasteiger partial charge in [0.15, 0.2) is 0 Å². The molecule has 0 aliphatic heterocycles. The first-order valence-electron chi connectivity index (χ1n) is 6.59. The molecule has 2 rings (SSSR count). The lowest BCUT2D eigenvalue weighted by Crippen LogP contribution is -2.20. The van der Waals surface area contributed by atoms with Crippen LogP contribution >= 0.6 is 11.3 Å². The van der Waals surface area contributed by atoms with E-state index in [1.54, 1.807) is 11.3 Å². The van der Waals surface area contributed by atoms with E-state index in [-0.39, 0.29) is 6.42 Å². The van der Waals surface area contributed by atoms with Gasteiger partial charge in [-0.25, -0.2) is 4.98 Å². The first kappa shape index (κ1) is 14.7. The molecule has 0 amide bonds. The molecule has 1 aromatic carbocycles. The van der Waals surface area contributed by atoms with Crippen LogP contribution < -0.4 is 5.32 Å². The monoisotopic (exact) mass is 290 g/mol. The smallest absolute Gasteiger partial charge is 0.304 e. The summed E-state index contributed by atoms with van der Waals surface area (Å²) in [5.41, 5.74) is 3.39. The van der Waals surface area contributed by atoms with E-state index in [1.165, 1.54) is 5.56 Å². The first-order chi connectivity index (χ1) is 9.65. The van der Waals surface area contributed by atoms with Crippen LogP contribution in [0.3, 0.4) is 0 Å². The molecule has 0 saturated carbocycles. The van der Waals surface area contributed by atoms with Crippen molar-refractivity contribution in [2.45, 2.75) is 19.8 Å². The Kier molecular flexibility index (Phi) is 5.26. The number of nitrogens with zero attached hydrogens (tertiary/aromatic N) is 1. The Balaban J connectivity index is 1.83. The number of aryl methyl sites for hydroxylation is 1. The molecule has 0 bridgehead atoms. The summed E-state index contributed by atoms with van der Waals surface area (Å²) in [4.78, 5) is 15.0. The number of thiazole rings is 1. The number of carboxylic acid groups (broad SMARTS) is 1. The quantitative estimate of drug-likeness (QED) is 0.770. The number of aliphatic carboxylic acids is 1. The molecule has 106 valence electrons. The molecule has 2 N–H and O–H groups in total. The summed E-state index contributed by atoms with van der Waals surface area (Å²) in [7, 11) is 0. The van der Waals surface area contributed by atoms with Gasteiger partial charge in [0.2, 0.25) is 0 Å². The third-order valence-electron chi connectivity index (χ3n) is 2.93. The Morgan fingerprint density at radius 3 is 2.75 bits per heavy atom. The number of aromatic nitrogens is 1. The van der Waals surface area contributed by atoms with E-state index in [0.29, 0.717) is 6.54 Å². The number of nitrogens with one attached hydrogen (secondary N) is 1. The van der Waals surface area contributed by atoms with Crippen molar-refractivity contribution >= 4 is 17.3 Å². The lowest BCUT2D eigenvalue weighted by atomic mass is 10.1. The van der Waals surface area contributed by atoms with Crippen molar-refractivity contribution in [2.75, 3.05) is 13.1 Å². The third-order valence-corrected chi connectivity index (χ3v) is 3.84. The van der Waals surface area contributed by atoms with Crippen LogP contribution in [-0.2, 0) is 11.2 Å². The molecule has 0 aliphatic carbocycles. The molecule has 4 nitrogen and oxygen atoms in total. The van der Waals surface area contributed by atoms with Crippen molar-refractivity contribution in [1.82, 2.24) is 10.3 Å². The number of benzene rings is 1.